The van der Waals surface area contributed by atoms with Crippen LogP contribution in [0.15, 0.2) is 36.7 Å². The summed E-state index contributed by atoms with van der Waals surface area (Å²) in [5, 5.41) is 18.4. The number of methoxy groups -OCH3 is 1. The quantitative estimate of drug-likeness (QED) is 0.313. The molecule has 3 aromatic rings. The van der Waals surface area contributed by atoms with Crippen molar-refractivity contribution in [1.82, 2.24) is 15.0 Å². The fourth-order valence-corrected chi connectivity index (χ4v) is 2.53. The molecule has 0 unspecified atom stereocenters. The SMILES string of the molecule is COc1ncc(F)cc1N(O)Nc1ccc(F)c(COc2cnc(N)c(C(C)=N)c2)n1. The van der Waals surface area contributed by atoms with Gasteiger partial charge in [-0.05, 0) is 25.1 Å². The molecule has 5 N–H and O–H groups in total. The third-order valence-electron chi connectivity index (χ3n) is 4.03. The molecule has 0 aromatic carbocycles. The van der Waals surface area contributed by atoms with Crippen molar-refractivity contribution in [3.05, 3.63) is 59.6 Å². The number of ether oxygens (including phenoxy) is 2. The third kappa shape index (κ3) is 5.11. The van der Waals surface area contributed by atoms with Gasteiger partial charge in [0.2, 0.25) is 5.88 Å². The van der Waals surface area contributed by atoms with Gasteiger partial charge in [-0.15, -0.1) is 0 Å². The van der Waals surface area contributed by atoms with Crippen molar-refractivity contribution in [3.63, 3.8) is 0 Å². The molecule has 0 saturated heterocycles. The average Bonchev–Trinajstić information content (AvgIpc) is 2.74. The van der Waals surface area contributed by atoms with Gasteiger partial charge in [-0.1, -0.05) is 0 Å². The Morgan fingerprint density at radius 3 is 2.74 bits per heavy atom. The van der Waals surface area contributed by atoms with E-state index in [0.717, 1.165) is 18.3 Å². The number of nitrogen functional groups attached to an aromatic ring is 1. The number of halogens is 2. The summed E-state index contributed by atoms with van der Waals surface area (Å²) in [6, 6.07) is 4.90. The van der Waals surface area contributed by atoms with Crippen LogP contribution in [0.25, 0.3) is 0 Å². The lowest BCUT2D eigenvalue weighted by Gasteiger charge is -2.20. The van der Waals surface area contributed by atoms with E-state index in [1.807, 2.05) is 0 Å². The molecule has 0 radical (unpaired) electrons. The maximum Gasteiger partial charge on any atom is 0.242 e. The van der Waals surface area contributed by atoms with Crippen molar-refractivity contribution in [2.75, 3.05) is 23.4 Å². The minimum atomic E-state index is -0.700. The first-order valence-electron chi connectivity index (χ1n) is 8.83. The summed E-state index contributed by atoms with van der Waals surface area (Å²) in [6.07, 6.45) is 2.28. The van der Waals surface area contributed by atoms with Gasteiger partial charge in [0.15, 0.2) is 5.69 Å². The largest absolute Gasteiger partial charge is 0.486 e. The Bertz CT molecular complexity index is 1110. The maximum atomic E-state index is 14.2. The van der Waals surface area contributed by atoms with E-state index in [4.69, 9.17) is 20.6 Å². The predicted octanol–water partition coefficient (Wildman–Crippen LogP) is 2.93. The van der Waals surface area contributed by atoms with Crippen molar-refractivity contribution in [3.8, 4) is 11.6 Å². The number of pyridine rings is 3. The molecule has 0 spiro atoms. The lowest BCUT2D eigenvalue weighted by atomic mass is 10.2. The monoisotopic (exact) mass is 431 g/mol. The Balaban J connectivity index is 1.76. The zero-order valence-electron chi connectivity index (χ0n) is 16.6. The molecular weight excluding hydrogens is 412 g/mol. The molecule has 0 atom stereocenters. The molecule has 3 rings (SSSR count). The van der Waals surface area contributed by atoms with E-state index >= 15 is 0 Å². The zero-order chi connectivity index (χ0) is 22.5. The molecule has 0 saturated carbocycles. The Hall–Kier alpha value is -4.06. The van der Waals surface area contributed by atoms with Gasteiger partial charge in [-0.25, -0.2) is 23.7 Å². The van der Waals surface area contributed by atoms with Crippen molar-refractivity contribution < 1.29 is 23.5 Å². The minimum absolute atomic E-state index is 0.0419. The van der Waals surface area contributed by atoms with Crippen LogP contribution in [-0.4, -0.2) is 33.0 Å². The van der Waals surface area contributed by atoms with Crippen LogP contribution in [-0.2, 0) is 6.61 Å². The van der Waals surface area contributed by atoms with Crippen LogP contribution in [0.3, 0.4) is 0 Å². The standard InChI is InChI=1S/C19H19F2N7O3/c1-10(22)13-6-12(8-24-18(13)23)31-9-15-14(21)3-4-17(26-15)27-28(29)16-5-11(20)7-25-19(16)30-2/h3-8,22,29H,9H2,1-2H3,(H2,23,24)(H,26,27). The number of nitrogens with one attached hydrogen (secondary N) is 2. The summed E-state index contributed by atoms with van der Waals surface area (Å²) in [4.78, 5) is 11.7. The summed E-state index contributed by atoms with van der Waals surface area (Å²) >= 11 is 0. The highest BCUT2D eigenvalue weighted by Gasteiger charge is 2.15. The van der Waals surface area contributed by atoms with Gasteiger partial charge in [-0.2, -0.15) is 5.17 Å². The number of nitrogens with two attached hydrogens (primary N) is 1. The number of hydrogen-bond acceptors (Lipinski definition) is 10. The second-order valence-electron chi connectivity index (χ2n) is 6.25. The normalized spacial score (nSPS) is 10.5. The van der Waals surface area contributed by atoms with E-state index in [-0.39, 0.29) is 47.0 Å². The molecule has 0 amide bonds. The van der Waals surface area contributed by atoms with E-state index in [9.17, 15) is 14.0 Å². The fraction of sp³-hybridized carbons (Fsp3) is 0.158. The zero-order valence-corrected chi connectivity index (χ0v) is 16.6. The van der Waals surface area contributed by atoms with Crippen LogP contribution in [0.5, 0.6) is 11.6 Å². The van der Waals surface area contributed by atoms with Crippen LogP contribution in [0.1, 0.15) is 18.2 Å². The second-order valence-corrected chi connectivity index (χ2v) is 6.25. The van der Waals surface area contributed by atoms with E-state index in [0.29, 0.717) is 10.7 Å². The van der Waals surface area contributed by atoms with Gasteiger partial charge >= 0.3 is 0 Å². The van der Waals surface area contributed by atoms with Crippen LogP contribution in [0.2, 0.25) is 0 Å². The molecule has 10 nitrogen and oxygen atoms in total. The van der Waals surface area contributed by atoms with Crippen molar-refractivity contribution in [2.24, 2.45) is 0 Å². The van der Waals surface area contributed by atoms with Crippen molar-refractivity contribution in [1.29, 1.82) is 5.41 Å². The Morgan fingerprint density at radius 1 is 1.26 bits per heavy atom. The Labute approximate surface area is 175 Å². The first kappa shape index (κ1) is 21.6. The van der Waals surface area contributed by atoms with Crippen molar-refractivity contribution in [2.45, 2.75) is 13.5 Å². The topological polar surface area (TPSA) is 142 Å². The molecular formula is C19H19F2N7O3. The highest BCUT2D eigenvalue weighted by Crippen LogP contribution is 2.26. The van der Waals surface area contributed by atoms with E-state index < -0.39 is 11.6 Å². The maximum absolute atomic E-state index is 14.2. The summed E-state index contributed by atoms with van der Waals surface area (Å²) in [6.45, 7) is 1.29. The van der Waals surface area contributed by atoms with Crippen LogP contribution >= 0.6 is 0 Å². The van der Waals surface area contributed by atoms with E-state index in [1.54, 1.807) is 6.92 Å². The summed E-state index contributed by atoms with van der Waals surface area (Å²) in [5.74, 6) is -0.896. The number of rotatable bonds is 8. The molecule has 3 aromatic heterocycles. The van der Waals surface area contributed by atoms with Crippen LogP contribution in [0, 0.1) is 17.0 Å². The fourth-order valence-electron chi connectivity index (χ4n) is 2.53. The molecule has 0 fully saturated rings. The third-order valence-corrected chi connectivity index (χ3v) is 4.03. The predicted molar refractivity (Wildman–Crippen MR) is 108 cm³/mol. The molecule has 0 bridgehead atoms. The van der Waals surface area contributed by atoms with E-state index in [2.05, 4.69) is 20.4 Å². The lowest BCUT2D eigenvalue weighted by molar-refractivity contribution is 0.268. The summed E-state index contributed by atoms with van der Waals surface area (Å²) < 4.78 is 38.1. The van der Waals surface area contributed by atoms with Gasteiger partial charge < -0.3 is 20.6 Å². The number of nitrogens with zero attached hydrogens (tertiary/aromatic N) is 4. The number of anilines is 3. The number of hydrazine groups is 1. The molecule has 0 aliphatic rings. The number of aromatic nitrogens is 3. The Morgan fingerprint density at radius 2 is 2.03 bits per heavy atom. The van der Waals surface area contributed by atoms with Gasteiger partial charge in [0, 0.05) is 17.3 Å². The van der Waals surface area contributed by atoms with Crippen molar-refractivity contribution >= 4 is 23.0 Å². The summed E-state index contributed by atoms with van der Waals surface area (Å²) in [7, 11) is 1.31. The first-order chi connectivity index (χ1) is 14.8. The summed E-state index contributed by atoms with van der Waals surface area (Å²) in [5.41, 5.74) is 8.59. The van der Waals surface area contributed by atoms with E-state index in [1.165, 1.54) is 25.4 Å². The average molecular weight is 431 g/mol. The highest BCUT2D eigenvalue weighted by molar-refractivity contribution is 6.00. The van der Waals surface area contributed by atoms with Crippen LogP contribution in [0.4, 0.5) is 26.1 Å². The van der Waals surface area contributed by atoms with Crippen LogP contribution < -0.4 is 25.8 Å². The highest BCUT2D eigenvalue weighted by atomic mass is 19.1. The molecule has 12 heteroatoms. The molecule has 162 valence electrons. The molecule has 3 heterocycles. The lowest BCUT2D eigenvalue weighted by Crippen LogP contribution is -2.27. The second kappa shape index (κ2) is 9.17. The number of hydrogen-bond donors (Lipinski definition) is 4. The van der Waals surface area contributed by atoms with Gasteiger partial charge in [0.05, 0.1) is 19.5 Å². The first-order valence-corrected chi connectivity index (χ1v) is 8.83. The minimum Gasteiger partial charge on any atom is -0.486 e. The molecule has 0 aliphatic carbocycles. The molecule has 31 heavy (non-hydrogen) atoms. The Kier molecular flexibility index (Phi) is 6.40. The van der Waals surface area contributed by atoms with Gasteiger partial charge in [0.1, 0.15) is 41.3 Å². The van der Waals surface area contributed by atoms with Gasteiger partial charge in [-0.3, -0.25) is 10.6 Å². The smallest absolute Gasteiger partial charge is 0.242 e. The molecule has 0 aliphatic heterocycles. The van der Waals surface area contributed by atoms with Gasteiger partial charge in [0.25, 0.3) is 0 Å².